The summed E-state index contributed by atoms with van der Waals surface area (Å²) < 4.78 is 0.891. The second kappa shape index (κ2) is 7.54. The fraction of sp³-hybridized carbons (Fsp3) is 0.0476. The molecule has 0 aliphatic carbocycles. The van der Waals surface area contributed by atoms with Gasteiger partial charge in [-0.25, -0.2) is 0 Å². The van der Waals surface area contributed by atoms with Gasteiger partial charge in [0.25, 0.3) is 0 Å². The highest BCUT2D eigenvalue weighted by Crippen LogP contribution is 2.31. The van der Waals surface area contributed by atoms with Crippen molar-refractivity contribution in [2.75, 3.05) is 5.73 Å². The lowest BCUT2D eigenvalue weighted by Gasteiger charge is -2.18. The third kappa shape index (κ3) is 3.68. The van der Waals surface area contributed by atoms with E-state index in [0.717, 1.165) is 4.47 Å². The molecule has 1 atom stereocenters. The minimum atomic E-state index is -0.744. The third-order valence-corrected chi connectivity index (χ3v) is 4.69. The number of halogens is 1. The summed E-state index contributed by atoms with van der Waals surface area (Å²) in [5, 5.41) is 0. The monoisotopic (exact) mass is 408 g/mol. The van der Waals surface area contributed by atoms with Gasteiger partial charge >= 0.3 is 0 Å². The van der Waals surface area contributed by atoms with Crippen LogP contribution in [-0.4, -0.2) is 11.7 Å². The number of nitrogens with two attached hydrogens (primary N) is 2. The largest absolute Gasteiger partial charge is 0.399 e. The number of amides is 1. The molecule has 0 aliphatic heterocycles. The molecular weight excluding hydrogens is 392 g/mol. The topological polar surface area (TPSA) is 86.2 Å². The van der Waals surface area contributed by atoms with E-state index < -0.39 is 11.8 Å². The van der Waals surface area contributed by atoms with Gasteiger partial charge in [-0.2, -0.15) is 0 Å². The highest BCUT2D eigenvalue weighted by atomic mass is 79.9. The maximum absolute atomic E-state index is 13.0. The minimum absolute atomic E-state index is 0.198. The van der Waals surface area contributed by atoms with Crippen molar-refractivity contribution in [3.05, 3.63) is 99.5 Å². The Labute approximate surface area is 160 Å². The number of benzene rings is 3. The summed E-state index contributed by atoms with van der Waals surface area (Å²) in [6.07, 6.45) is 0. The fourth-order valence-electron chi connectivity index (χ4n) is 2.92. The van der Waals surface area contributed by atoms with E-state index in [9.17, 15) is 9.59 Å². The van der Waals surface area contributed by atoms with Crippen molar-refractivity contribution in [1.29, 1.82) is 0 Å². The van der Waals surface area contributed by atoms with E-state index >= 15 is 0 Å². The summed E-state index contributed by atoms with van der Waals surface area (Å²) >= 11 is 3.38. The number of nitrogen functional groups attached to an aromatic ring is 1. The van der Waals surface area contributed by atoms with Crippen LogP contribution in [-0.2, 0) is 4.79 Å². The molecule has 3 aromatic rings. The standard InChI is InChI=1S/C21H17BrN2O2/c22-15-8-6-13(7-9-15)19(21(24)26)17-11-10-16(23)12-18(17)20(25)14-4-2-1-3-5-14/h1-12,19H,23H2,(H2,24,26). The van der Waals surface area contributed by atoms with Gasteiger partial charge in [0.15, 0.2) is 5.78 Å². The highest BCUT2D eigenvalue weighted by molar-refractivity contribution is 9.10. The van der Waals surface area contributed by atoms with Crippen molar-refractivity contribution in [2.45, 2.75) is 5.92 Å². The van der Waals surface area contributed by atoms with Crippen LogP contribution in [0.25, 0.3) is 0 Å². The quantitative estimate of drug-likeness (QED) is 0.495. The van der Waals surface area contributed by atoms with Gasteiger partial charge in [0, 0.05) is 21.3 Å². The summed E-state index contributed by atoms with van der Waals surface area (Å²) in [4.78, 5) is 25.3. The average molecular weight is 409 g/mol. The van der Waals surface area contributed by atoms with Crippen LogP contribution in [0.5, 0.6) is 0 Å². The Hall–Kier alpha value is -2.92. The predicted octanol–water partition coefficient (Wildman–Crippen LogP) is 3.88. The Balaban J connectivity index is 2.15. The van der Waals surface area contributed by atoms with E-state index in [2.05, 4.69) is 15.9 Å². The first-order valence-corrected chi connectivity index (χ1v) is 8.80. The molecule has 1 amide bonds. The molecule has 0 fully saturated rings. The smallest absolute Gasteiger partial charge is 0.229 e. The molecule has 0 saturated carbocycles. The van der Waals surface area contributed by atoms with E-state index in [1.165, 1.54) is 0 Å². The van der Waals surface area contributed by atoms with Gasteiger partial charge in [0.2, 0.25) is 5.91 Å². The normalized spacial score (nSPS) is 11.7. The predicted molar refractivity (Wildman–Crippen MR) is 106 cm³/mol. The molecule has 0 spiro atoms. The Morgan fingerprint density at radius 2 is 1.54 bits per heavy atom. The van der Waals surface area contributed by atoms with Crippen LogP contribution in [0.15, 0.2) is 77.3 Å². The third-order valence-electron chi connectivity index (χ3n) is 4.16. The number of carbonyl (C=O) groups excluding carboxylic acids is 2. The molecule has 130 valence electrons. The van der Waals surface area contributed by atoms with E-state index in [0.29, 0.717) is 27.9 Å². The van der Waals surface area contributed by atoms with Crippen LogP contribution in [0.1, 0.15) is 33.0 Å². The van der Waals surface area contributed by atoms with E-state index in [-0.39, 0.29) is 5.78 Å². The lowest BCUT2D eigenvalue weighted by atomic mass is 9.85. The Kier molecular flexibility index (Phi) is 5.19. The second-order valence-electron chi connectivity index (χ2n) is 5.93. The molecule has 0 aromatic heterocycles. The molecule has 0 aliphatic rings. The summed E-state index contributed by atoms with van der Waals surface area (Å²) in [5.41, 5.74) is 14.2. The van der Waals surface area contributed by atoms with Crippen LogP contribution in [0.2, 0.25) is 0 Å². The molecule has 26 heavy (non-hydrogen) atoms. The molecule has 5 heteroatoms. The van der Waals surface area contributed by atoms with Crippen molar-refractivity contribution >= 4 is 33.3 Å². The van der Waals surface area contributed by atoms with Crippen molar-refractivity contribution in [3.8, 4) is 0 Å². The Bertz CT molecular complexity index is 954. The van der Waals surface area contributed by atoms with Crippen LogP contribution in [0.3, 0.4) is 0 Å². The van der Waals surface area contributed by atoms with Crippen molar-refractivity contribution in [3.63, 3.8) is 0 Å². The number of ketones is 1. The number of carbonyl (C=O) groups is 2. The number of primary amides is 1. The van der Waals surface area contributed by atoms with Crippen molar-refractivity contribution in [1.82, 2.24) is 0 Å². The van der Waals surface area contributed by atoms with Crippen LogP contribution >= 0.6 is 15.9 Å². The zero-order valence-corrected chi connectivity index (χ0v) is 15.4. The number of hydrogen-bond acceptors (Lipinski definition) is 3. The average Bonchev–Trinajstić information content (AvgIpc) is 2.64. The number of rotatable bonds is 5. The summed E-state index contributed by atoms with van der Waals surface area (Å²) in [6.45, 7) is 0. The maximum Gasteiger partial charge on any atom is 0.229 e. The molecule has 3 aromatic carbocycles. The molecule has 0 saturated heterocycles. The van der Waals surface area contributed by atoms with Crippen LogP contribution in [0, 0.1) is 0 Å². The number of anilines is 1. The molecule has 0 bridgehead atoms. The first-order chi connectivity index (χ1) is 12.5. The van der Waals surface area contributed by atoms with E-state index in [1.807, 2.05) is 30.3 Å². The fourth-order valence-corrected chi connectivity index (χ4v) is 3.18. The van der Waals surface area contributed by atoms with Gasteiger partial charge in [-0.15, -0.1) is 0 Å². The summed E-state index contributed by atoms with van der Waals surface area (Å²) in [6, 6.07) is 21.1. The molecule has 4 nitrogen and oxygen atoms in total. The van der Waals surface area contributed by atoms with Gasteiger partial charge in [-0.3, -0.25) is 9.59 Å². The number of hydrogen-bond donors (Lipinski definition) is 2. The molecular formula is C21H17BrN2O2. The summed E-state index contributed by atoms with van der Waals surface area (Å²) in [5.74, 6) is -1.47. The second-order valence-corrected chi connectivity index (χ2v) is 6.84. The minimum Gasteiger partial charge on any atom is -0.399 e. The molecule has 1 unspecified atom stereocenters. The van der Waals surface area contributed by atoms with Gasteiger partial charge in [0.05, 0.1) is 5.92 Å². The first kappa shape index (κ1) is 17.9. The van der Waals surface area contributed by atoms with E-state index in [1.54, 1.807) is 42.5 Å². The van der Waals surface area contributed by atoms with Crippen molar-refractivity contribution < 1.29 is 9.59 Å². The van der Waals surface area contributed by atoms with Gasteiger partial charge in [-0.1, -0.05) is 64.5 Å². The highest BCUT2D eigenvalue weighted by Gasteiger charge is 2.26. The Morgan fingerprint density at radius 1 is 0.885 bits per heavy atom. The molecule has 0 radical (unpaired) electrons. The van der Waals surface area contributed by atoms with Gasteiger partial charge < -0.3 is 11.5 Å². The van der Waals surface area contributed by atoms with Crippen LogP contribution < -0.4 is 11.5 Å². The lowest BCUT2D eigenvalue weighted by molar-refractivity contribution is -0.118. The maximum atomic E-state index is 13.0. The lowest BCUT2D eigenvalue weighted by Crippen LogP contribution is -2.24. The SMILES string of the molecule is NC(=O)C(c1ccc(Br)cc1)c1ccc(N)cc1C(=O)c1ccccc1. The van der Waals surface area contributed by atoms with Crippen molar-refractivity contribution in [2.24, 2.45) is 5.73 Å². The summed E-state index contributed by atoms with van der Waals surface area (Å²) in [7, 11) is 0. The van der Waals surface area contributed by atoms with E-state index in [4.69, 9.17) is 11.5 Å². The zero-order valence-electron chi connectivity index (χ0n) is 13.9. The molecule has 4 N–H and O–H groups in total. The van der Waals surface area contributed by atoms with Crippen LogP contribution in [0.4, 0.5) is 5.69 Å². The molecule has 3 rings (SSSR count). The Morgan fingerprint density at radius 3 is 2.15 bits per heavy atom. The van der Waals surface area contributed by atoms with Gasteiger partial charge in [0.1, 0.15) is 0 Å². The van der Waals surface area contributed by atoms with Gasteiger partial charge in [-0.05, 0) is 35.4 Å². The zero-order chi connectivity index (χ0) is 18.7. The molecule has 0 heterocycles. The first-order valence-electron chi connectivity index (χ1n) is 8.01.